The van der Waals surface area contributed by atoms with Gasteiger partial charge in [0.05, 0.1) is 0 Å². The minimum atomic E-state index is -4.66. The van der Waals surface area contributed by atoms with Crippen LogP contribution >= 0.6 is 0 Å². The lowest BCUT2D eigenvalue weighted by molar-refractivity contribution is -0.274. The SMILES string of the molecule is CC1CC1C(N)c1cccc(OC(F)(F)F)c1. The Hall–Kier alpha value is -1.23. The van der Waals surface area contributed by atoms with E-state index >= 15 is 0 Å². The van der Waals surface area contributed by atoms with Crippen LogP contribution in [0.5, 0.6) is 5.75 Å². The number of hydrogen-bond acceptors (Lipinski definition) is 2. The van der Waals surface area contributed by atoms with Gasteiger partial charge in [0.25, 0.3) is 0 Å². The van der Waals surface area contributed by atoms with Crippen molar-refractivity contribution < 1.29 is 17.9 Å². The normalized spacial score (nSPS) is 25.5. The van der Waals surface area contributed by atoms with Gasteiger partial charge in [-0.25, -0.2) is 0 Å². The van der Waals surface area contributed by atoms with Crippen molar-refractivity contribution in [3.8, 4) is 5.75 Å². The number of nitrogens with two attached hydrogens (primary N) is 1. The molecule has 94 valence electrons. The molecule has 0 spiro atoms. The lowest BCUT2D eigenvalue weighted by atomic mass is 10.0. The quantitative estimate of drug-likeness (QED) is 0.887. The zero-order valence-electron chi connectivity index (χ0n) is 9.37. The van der Waals surface area contributed by atoms with Gasteiger partial charge in [0.2, 0.25) is 0 Å². The van der Waals surface area contributed by atoms with Gasteiger partial charge in [0, 0.05) is 6.04 Å². The van der Waals surface area contributed by atoms with E-state index in [4.69, 9.17) is 5.73 Å². The molecular formula is C12H14F3NO. The van der Waals surface area contributed by atoms with Gasteiger partial charge in [0.1, 0.15) is 5.75 Å². The summed E-state index contributed by atoms with van der Waals surface area (Å²) in [6.45, 7) is 2.08. The molecule has 3 unspecified atom stereocenters. The fourth-order valence-corrected chi connectivity index (χ4v) is 2.02. The monoisotopic (exact) mass is 245 g/mol. The third kappa shape index (κ3) is 3.12. The first-order valence-corrected chi connectivity index (χ1v) is 5.48. The lowest BCUT2D eigenvalue weighted by Gasteiger charge is -2.14. The molecule has 1 aliphatic carbocycles. The van der Waals surface area contributed by atoms with Crippen LogP contribution in [0.4, 0.5) is 13.2 Å². The van der Waals surface area contributed by atoms with Crippen molar-refractivity contribution in [1.29, 1.82) is 0 Å². The maximum Gasteiger partial charge on any atom is 0.573 e. The van der Waals surface area contributed by atoms with E-state index in [-0.39, 0.29) is 11.8 Å². The second kappa shape index (κ2) is 4.22. The largest absolute Gasteiger partial charge is 0.573 e. The summed E-state index contributed by atoms with van der Waals surface area (Å²) in [5.74, 6) is 0.715. The van der Waals surface area contributed by atoms with Crippen LogP contribution in [0.2, 0.25) is 0 Å². The molecule has 0 amide bonds. The van der Waals surface area contributed by atoms with E-state index in [1.807, 2.05) is 0 Å². The molecule has 3 atom stereocenters. The first kappa shape index (κ1) is 12.2. The summed E-state index contributed by atoms with van der Waals surface area (Å²) in [7, 11) is 0. The molecule has 1 saturated carbocycles. The van der Waals surface area contributed by atoms with Crippen LogP contribution in [-0.2, 0) is 0 Å². The highest BCUT2D eigenvalue weighted by Crippen LogP contribution is 2.46. The second-order valence-electron chi connectivity index (χ2n) is 4.52. The van der Waals surface area contributed by atoms with Gasteiger partial charge in [-0.3, -0.25) is 0 Å². The van der Waals surface area contributed by atoms with Crippen molar-refractivity contribution in [3.05, 3.63) is 29.8 Å². The molecule has 0 bridgehead atoms. The summed E-state index contributed by atoms with van der Waals surface area (Å²) >= 11 is 0. The van der Waals surface area contributed by atoms with Gasteiger partial charge in [-0.05, 0) is 36.0 Å². The van der Waals surface area contributed by atoms with Crippen LogP contribution in [0.1, 0.15) is 24.9 Å². The first-order valence-electron chi connectivity index (χ1n) is 5.48. The molecule has 17 heavy (non-hydrogen) atoms. The van der Waals surface area contributed by atoms with Gasteiger partial charge in [-0.2, -0.15) is 0 Å². The van der Waals surface area contributed by atoms with Crippen LogP contribution in [0, 0.1) is 11.8 Å². The lowest BCUT2D eigenvalue weighted by Crippen LogP contribution is -2.18. The molecule has 0 aromatic heterocycles. The average Bonchev–Trinajstić information content (AvgIpc) is 2.92. The Balaban J connectivity index is 2.11. The Bertz CT molecular complexity index is 405. The maximum absolute atomic E-state index is 12.1. The van der Waals surface area contributed by atoms with Crippen LogP contribution in [-0.4, -0.2) is 6.36 Å². The predicted molar refractivity (Wildman–Crippen MR) is 57.3 cm³/mol. The molecule has 2 rings (SSSR count). The van der Waals surface area contributed by atoms with Crippen molar-refractivity contribution in [1.82, 2.24) is 0 Å². The predicted octanol–water partition coefficient (Wildman–Crippen LogP) is 3.24. The molecule has 0 heterocycles. The fraction of sp³-hybridized carbons (Fsp3) is 0.500. The number of hydrogen-bond donors (Lipinski definition) is 1. The first-order chi connectivity index (χ1) is 7.87. The zero-order chi connectivity index (χ0) is 12.6. The highest BCUT2D eigenvalue weighted by Gasteiger charge is 2.38. The molecule has 0 radical (unpaired) electrons. The minimum Gasteiger partial charge on any atom is -0.406 e. The number of alkyl halides is 3. The van der Waals surface area contributed by atoms with E-state index in [0.717, 1.165) is 6.42 Å². The van der Waals surface area contributed by atoms with Crippen LogP contribution < -0.4 is 10.5 Å². The van der Waals surface area contributed by atoms with Crippen molar-refractivity contribution in [3.63, 3.8) is 0 Å². The molecule has 0 saturated heterocycles. The topological polar surface area (TPSA) is 35.2 Å². The summed E-state index contributed by atoms with van der Waals surface area (Å²) in [6, 6.07) is 5.70. The van der Waals surface area contributed by atoms with E-state index < -0.39 is 6.36 Å². The molecule has 1 aliphatic rings. The second-order valence-corrected chi connectivity index (χ2v) is 4.52. The molecule has 1 aromatic carbocycles. The fourth-order valence-electron chi connectivity index (χ4n) is 2.02. The third-order valence-electron chi connectivity index (χ3n) is 3.11. The number of rotatable bonds is 3. The molecule has 1 aromatic rings. The van der Waals surface area contributed by atoms with E-state index in [0.29, 0.717) is 17.4 Å². The highest BCUT2D eigenvalue weighted by atomic mass is 19.4. The summed E-state index contributed by atoms with van der Waals surface area (Å²) < 4.78 is 40.0. The van der Waals surface area contributed by atoms with E-state index in [1.165, 1.54) is 18.2 Å². The van der Waals surface area contributed by atoms with E-state index in [1.54, 1.807) is 6.07 Å². The van der Waals surface area contributed by atoms with Gasteiger partial charge < -0.3 is 10.5 Å². The van der Waals surface area contributed by atoms with E-state index in [9.17, 15) is 13.2 Å². The minimum absolute atomic E-state index is 0.207. The van der Waals surface area contributed by atoms with E-state index in [2.05, 4.69) is 11.7 Å². The van der Waals surface area contributed by atoms with Gasteiger partial charge in [-0.1, -0.05) is 19.1 Å². The number of benzene rings is 1. The zero-order valence-corrected chi connectivity index (χ0v) is 9.37. The molecule has 2 nitrogen and oxygen atoms in total. The highest BCUT2D eigenvalue weighted by molar-refractivity contribution is 5.31. The van der Waals surface area contributed by atoms with Crippen LogP contribution in [0.15, 0.2) is 24.3 Å². The van der Waals surface area contributed by atoms with Crippen molar-refractivity contribution in [2.75, 3.05) is 0 Å². The van der Waals surface area contributed by atoms with Crippen LogP contribution in [0.3, 0.4) is 0 Å². The van der Waals surface area contributed by atoms with Crippen molar-refractivity contribution in [2.45, 2.75) is 25.7 Å². The summed E-state index contributed by atoms with van der Waals surface area (Å²) in [5.41, 5.74) is 6.68. The standard InChI is InChI=1S/C12H14F3NO/c1-7-5-10(7)11(16)8-3-2-4-9(6-8)17-12(13,14)15/h2-4,6-7,10-11H,5,16H2,1H3. The molecular weight excluding hydrogens is 231 g/mol. The molecule has 1 fully saturated rings. The van der Waals surface area contributed by atoms with Gasteiger partial charge in [0.15, 0.2) is 0 Å². The Morgan fingerprint density at radius 2 is 2.06 bits per heavy atom. The summed E-state index contributed by atoms with van der Waals surface area (Å²) in [5, 5.41) is 0. The Morgan fingerprint density at radius 3 is 2.59 bits per heavy atom. The Labute approximate surface area is 97.6 Å². The number of halogens is 3. The molecule has 0 aliphatic heterocycles. The smallest absolute Gasteiger partial charge is 0.406 e. The van der Waals surface area contributed by atoms with Gasteiger partial charge >= 0.3 is 6.36 Å². The van der Waals surface area contributed by atoms with Gasteiger partial charge in [-0.15, -0.1) is 13.2 Å². The summed E-state index contributed by atoms with van der Waals surface area (Å²) in [6.07, 6.45) is -3.62. The average molecular weight is 245 g/mol. The van der Waals surface area contributed by atoms with Crippen molar-refractivity contribution in [2.24, 2.45) is 17.6 Å². The van der Waals surface area contributed by atoms with Crippen molar-refractivity contribution >= 4 is 0 Å². The summed E-state index contributed by atoms with van der Waals surface area (Å²) in [4.78, 5) is 0. The number of ether oxygens (including phenoxy) is 1. The maximum atomic E-state index is 12.1. The Kier molecular flexibility index (Phi) is 3.03. The molecule has 5 heteroatoms. The third-order valence-corrected chi connectivity index (χ3v) is 3.11. The molecule has 2 N–H and O–H groups in total. The van der Waals surface area contributed by atoms with Crippen LogP contribution in [0.25, 0.3) is 0 Å². The Morgan fingerprint density at radius 1 is 1.41 bits per heavy atom.